The number of morpholine rings is 1. The van der Waals surface area contributed by atoms with Crippen LogP contribution in [0.3, 0.4) is 0 Å². The second kappa shape index (κ2) is 13.4. The number of ether oxygens (including phenoxy) is 2. The Morgan fingerprint density at radius 1 is 1.11 bits per heavy atom. The van der Waals surface area contributed by atoms with E-state index in [0.29, 0.717) is 32.8 Å². The van der Waals surface area contributed by atoms with E-state index < -0.39 is 44.0 Å². The van der Waals surface area contributed by atoms with Gasteiger partial charge >= 0.3 is 0 Å². The number of carbonyl (C=O) groups excluding carboxylic acids is 1. The number of benzene rings is 2. The van der Waals surface area contributed by atoms with Crippen LogP contribution in [-0.2, 0) is 42.0 Å². The van der Waals surface area contributed by atoms with Crippen LogP contribution in [0.25, 0.3) is 22.0 Å². The molecule has 0 bridgehead atoms. The third-order valence-corrected chi connectivity index (χ3v) is 10.3. The molecule has 2 aromatic carbocycles. The van der Waals surface area contributed by atoms with Gasteiger partial charge < -0.3 is 9.47 Å². The number of carbonyl (C=O) groups is 1. The van der Waals surface area contributed by atoms with Crippen LogP contribution in [0.5, 0.6) is 0 Å². The number of halogens is 2. The summed E-state index contributed by atoms with van der Waals surface area (Å²) in [6.45, 7) is 4.79. The van der Waals surface area contributed by atoms with Gasteiger partial charge in [0.15, 0.2) is 20.9 Å². The number of nitrogens with one attached hydrogen (secondary N) is 1. The normalized spacial score (nSPS) is 19.5. The minimum atomic E-state index is -3.97. The van der Waals surface area contributed by atoms with E-state index in [0.717, 1.165) is 48.4 Å². The summed E-state index contributed by atoms with van der Waals surface area (Å²) in [7, 11) is -3.97. The SMILES string of the molecule is C[C@@](CCn1cnc2cc(-c3ccc(CN4CCOCC4)cc3F)c(F)cc2c1=O)(C(=O)NOC1CCCCO1)S(C)(=O)=O. The van der Waals surface area contributed by atoms with Gasteiger partial charge in [0.25, 0.3) is 11.5 Å². The maximum absolute atomic E-state index is 15.3. The van der Waals surface area contributed by atoms with Gasteiger partial charge in [-0.05, 0) is 49.9 Å². The zero-order valence-electron chi connectivity index (χ0n) is 24.7. The summed E-state index contributed by atoms with van der Waals surface area (Å²) >= 11 is 0. The lowest BCUT2D eigenvalue weighted by molar-refractivity contribution is -0.201. The first-order valence-corrected chi connectivity index (χ1v) is 16.4. The number of nitrogens with zero attached hydrogens (tertiary/aromatic N) is 3. The van der Waals surface area contributed by atoms with Gasteiger partial charge in [-0.25, -0.2) is 32.5 Å². The van der Waals surface area contributed by atoms with E-state index in [9.17, 15) is 18.0 Å². The molecule has 44 heavy (non-hydrogen) atoms. The number of hydrogen-bond donors (Lipinski definition) is 1. The Balaban J connectivity index is 1.33. The minimum absolute atomic E-state index is 0.0388. The number of hydroxylamine groups is 1. The van der Waals surface area contributed by atoms with Gasteiger partial charge in [0.2, 0.25) is 0 Å². The van der Waals surface area contributed by atoms with E-state index >= 15 is 8.78 Å². The lowest BCUT2D eigenvalue weighted by Gasteiger charge is -2.28. The number of amides is 1. The molecule has 1 amide bonds. The molecule has 5 rings (SSSR count). The lowest BCUT2D eigenvalue weighted by atomic mass is 10.0. The van der Waals surface area contributed by atoms with Crippen molar-refractivity contribution in [3.8, 4) is 11.1 Å². The molecule has 11 nitrogen and oxygen atoms in total. The van der Waals surface area contributed by atoms with Gasteiger partial charge in [-0.1, -0.05) is 12.1 Å². The average Bonchev–Trinajstić information content (AvgIpc) is 3.00. The number of aryl methyl sites for hydroxylation is 1. The zero-order valence-corrected chi connectivity index (χ0v) is 25.5. The number of rotatable bonds is 10. The molecule has 2 fully saturated rings. The van der Waals surface area contributed by atoms with Crippen molar-refractivity contribution in [1.29, 1.82) is 0 Å². The van der Waals surface area contributed by atoms with Crippen molar-refractivity contribution in [3.63, 3.8) is 0 Å². The largest absolute Gasteiger partial charge is 0.379 e. The maximum Gasteiger partial charge on any atom is 0.264 e. The topological polar surface area (TPSA) is 129 Å². The standard InChI is InChI=1S/C30H36F2N4O7S/c1-30(44(2,39)40,29(38)34-43-27-5-3-4-12-42-27)8-9-36-19-33-26-17-22(25(32)16-23(26)28(36)37)21-7-6-20(15-24(21)31)18-35-10-13-41-14-11-35/h6-7,15-17,19,27H,3-5,8-14,18H2,1-2H3,(H,34,38)/t27?,30-/m1/s1. The van der Waals surface area contributed by atoms with Gasteiger partial charge in [-0.15, -0.1) is 0 Å². The Bertz CT molecular complexity index is 1690. The van der Waals surface area contributed by atoms with Gasteiger partial charge in [-0.2, -0.15) is 0 Å². The van der Waals surface area contributed by atoms with Crippen molar-refractivity contribution in [2.24, 2.45) is 0 Å². The molecule has 1 N–H and O–H groups in total. The Labute approximate surface area is 254 Å². The van der Waals surface area contributed by atoms with E-state index in [4.69, 9.17) is 14.3 Å². The third-order valence-electron chi connectivity index (χ3n) is 8.30. The number of aromatic nitrogens is 2. The third kappa shape index (κ3) is 6.99. The van der Waals surface area contributed by atoms with Gasteiger partial charge in [0.1, 0.15) is 11.6 Å². The number of sulfone groups is 1. The predicted molar refractivity (Wildman–Crippen MR) is 158 cm³/mol. The fourth-order valence-electron chi connectivity index (χ4n) is 5.27. The van der Waals surface area contributed by atoms with Crippen molar-refractivity contribution >= 4 is 26.6 Å². The van der Waals surface area contributed by atoms with Crippen molar-refractivity contribution in [3.05, 3.63) is 64.2 Å². The van der Waals surface area contributed by atoms with Crippen LogP contribution in [0.4, 0.5) is 8.78 Å². The number of hydrogen-bond acceptors (Lipinski definition) is 9. The highest BCUT2D eigenvalue weighted by Crippen LogP contribution is 2.29. The van der Waals surface area contributed by atoms with Gasteiger partial charge in [-0.3, -0.25) is 19.1 Å². The van der Waals surface area contributed by atoms with E-state index in [1.165, 1.54) is 31.5 Å². The van der Waals surface area contributed by atoms with Crippen LogP contribution in [0, 0.1) is 11.6 Å². The summed E-state index contributed by atoms with van der Waals surface area (Å²) in [5.74, 6) is -2.30. The van der Waals surface area contributed by atoms with Crippen LogP contribution in [0.15, 0.2) is 41.5 Å². The smallest absolute Gasteiger partial charge is 0.264 e. The monoisotopic (exact) mass is 634 g/mol. The van der Waals surface area contributed by atoms with Crippen molar-refractivity contribution in [2.75, 3.05) is 39.2 Å². The first-order valence-electron chi connectivity index (χ1n) is 14.5. The summed E-state index contributed by atoms with van der Waals surface area (Å²) in [4.78, 5) is 37.9. The highest BCUT2D eigenvalue weighted by molar-refractivity contribution is 7.92. The molecule has 1 unspecified atom stereocenters. The highest BCUT2D eigenvalue weighted by atomic mass is 32.2. The second-order valence-corrected chi connectivity index (χ2v) is 13.8. The maximum atomic E-state index is 15.3. The molecule has 238 valence electrons. The summed E-state index contributed by atoms with van der Waals surface area (Å²) in [6, 6.07) is 6.94. The fourth-order valence-corrected chi connectivity index (χ4v) is 6.11. The zero-order chi connectivity index (χ0) is 31.5. The summed E-state index contributed by atoms with van der Waals surface area (Å²) < 4.78 is 65.8. The Kier molecular flexibility index (Phi) is 9.75. The van der Waals surface area contributed by atoms with Crippen molar-refractivity contribution in [1.82, 2.24) is 19.9 Å². The Morgan fingerprint density at radius 2 is 1.86 bits per heavy atom. The molecule has 2 atom stereocenters. The minimum Gasteiger partial charge on any atom is -0.379 e. The summed E-state index contributed by atoms with van der Waals surface area (Å²) in [5.41, 5.74) is 2.46. The molecule has 0 radical (unpaired) electrons. The molecule has 3 aromatic rings. The van der Waals surface area contributed by atoms with Gasteiger partial charge in [0, 0.05) is 56.6 Å². The van der Waals surface area contributed by atoms with E-state index in [1.54, 1.807) is 6.07 Å². The quantitative estimate of drug-likeness (QED) is 0.335. The molecular weight excluding hydrogens is 598 g/mol. The molecule has 14 heteroatoms. The number of fused-ring (bicyclic) bond motifs is 1. The molecule has 2 aliphatic heterocycles. The van der Waals surface area contributed by atoms with E-state index in [2.05, 4.69) is 15.4 Å². The molecule has 2 aliphatic rings. The van der Waals surface area contributed by atoms with Crippen LogP contribution < -0.4 is 11.0 Å². The Morgan fingerprint density at radius 3 is 2.55 bits per heavy atom. The van der Waals surface area contributed by atoms with Crippen molar-refractivity contribution in [2.45, 2.75) is 56.7 Å². The first-order chi connectivity index (χ1) is 21.0. The van der Waals surface area contributed by atoms with Crippen molar-refractivity contribution < 1.29 is 36.3 Å². The average molecular weight is 635 g/mol. The highest BCUT2D eigenvalue weighted by Gasteiger charge is 2.44. The van der Waals surface area contributed by atoms with Crippen LogP contribution in [0.1, 0.15) is 38.2 Å². The molecule has 2 saturated heterocycles. The molecule has 0 spiro atoms. The van der Waals surface area contributed by atoms with E-state index in [1.807, 2.05) is 0 Å². The fraction of sp³-hybridized carbons (Fsp3) is 0.500. The molecular formula is C30H36F2N4O7S. The van der Waals surface area contributed by atoms with E-state index in [-0.39, 0.29) is 35.0 Å². The molecule has 0 saturated carbocycles. The predicted octanol–water partition coefficient (Wildman–Crippen LogP) is 2.94. The van der Waals surface area contributed by atoms with Crippen LogP contribution in [0.2, 0.25) is 0 Å². The van der Waals surface area contributed by atoms with Crippen LogP contribution in [-0.4, -0.2) is 79.0 Å². The first kappa shape index (κ1) is 32.1. The van der Waals surface area contributed by atoms with Crippen LogP contribution >= 0.6 is 0 Å². The molecule has 3 heterocycles. The second-order valence-electron chi connectivity index (χ2n) is 11.4. The lowest BCUT2D eigenvalue weighted by Crippen LogP contribution is -2.51. The molecule has 1 aromatic heterocycles. The molecule has 0 aliphatic carbocycles. The summed E-state index contributed by atoms with van der Waals surface area (Å²) in [6.07, 6.45) is 3.43. The van der Waals surface area contributed by atoms with Gasteiger partial charge in [0.05, 0.1) is 30.4 Å². The summed E-state index contributed by atoms with van der Waals surface area (Å²) in [5, 5.41) is -0.0682. The Hall–Kier alpha value is -3.30.